The lowest BCUT2D eigenvalue weighted by atomic mass is 9.86. The van der Waals surface area contributed by atoms with Crippen LogP contribution in [0.1, 0.15) is 52.4 Å². The fourth-order valence-electron chi connectivity index (χ4n) is 4.54. The third-order valence-electron chi connectivity index (χ3n) is 6.12. The monoisotopic (exact) mass is 307 g/mol. The molecule has 1 N–H and O–H groups in total. The summed E-state index contributed by atoms with van der Waals surface area (Å²) in [4.78, 5) is 17.7. The van der Waals surface area contributed by atoms with Crippen LogP contribution in [0.3, 0.4) is 0 Å². The first-order valence-corrected chi connectivity index (χ1v) is 9.33. The Labute approximate surface area is 135 Å². The molecule has 0 radical (unpaired) electrons. The van der Waals surface area contributed by atoms with E-state index in [1.807, 2.05) is 0 Å². The lowest BCUT2D eigenvalue weighted by Crippen LogP contribution is -2.50. The van der Waals surface area contributed by atoms with E-state index in [0.29, 0.717) is 11.8 Å². The highest BCUT2D eigenvalue weighted by Crippen LogP contribution is 2.30. The lowest BCUT2D eigenvalue weighted by Gasteiger charge is -2.41. The molecule has 4 heteroatoms. The molecule has 1 amide bonds. The van der Waals surface area contributed by atoms with Crippen LogP contribution in [-0.4, -0.2) is 61.0 Å². The summed E-state index contributed by atoms with van der Waals surface area (Å²) in [6, 6.07) is 0.733. The summed E-state index contributed by atoms with van der Waals surface area (Å²) in [6.07, 6.45) is 7.56. The van der Waals surface area contributed by atoms with E-state index in [1.54, 1.807) is 0 Å². The summed E-state index contributed by atoms with van der Waals surface area (Å²) < 4.78 is 0. The number of nitrogens with one attached hydrogen (secondary N) is 1. The highest BCUT2D eigenvalue weighted by Gasteiger charge is 2.40. The molecule has 3 saturated heterocycles. The number of carbonyl (C=O) groups is 1. The second-order valence-electron chi connectivity index (χ2n) is 8.09. The first-order valence-electron chi connectivity index (χ1n) is 9.33. The molecule has 0 aromatic heterocycles. The van der Waals surface area contributed by atoms with E-state index in [-0.39, 0.29) is 5.41 Å². The molecule has 0 aromatic rings. The van der Waals surface area contributed by atoms with E-state index in [2.05, 4.69) is 29.0 Å². The Balaban J connectivity index is 1.56. The summed E-state index contributed by atoms with van der Waals surface area (Å²) in [6.45, 7) is 10.8. The van der Waals surface area contributed by atoms with Gasteiger partial charge in [0.25, 0.3) is 0 Å². The fourth-order valence-corrected chi connectivity index (χ4v) is 4.54. The minimum atomic E-state index is -0.152. The molecule has 0 aliphatic carbocycles. The molecule has 0 unspecified atom stereocenters. The summed E-state index contributed by atoms with van der Waals surface area (Å²) in [5.74, 6) is 1.07. The average molecular weight is 307 g/mol. The van der Waals surface area contributed by atoms with Gasteiger partial charge in [0.15, 0.2) is 0 Å². The van der Waals surface area contributed by atoms with Crippen LogP contribution in [0.25, 0.3) is 0 Å². The van der Waals surface area contributed by atoms with E-state index >= 15 is 0 Å². The normalized spacial score (nSPS) is 37.5. The molecule has 3 aliphatic heterocycles. The van der Waals surface area contributed by atoms with Gasteiger partial charge in [0.2, 0.25) is 5.91 Å². The Kier molecular flexibility index (Phi) is 5.08. The Hall–Kier alpha value is -0.610. The van der Waals surface area contributed by atoms with Crippen molar-refractivity contribution in [3.8, 4) is 0 Å². The van der Waals surface area contributed by atoms with Crippen LogP contribution in [-0.2, 0) is 4.79 Å². The number of hydrogen-bond acceptors (Lipinski definition) is 3. The van der Waals surface area contributed by atoms with Crippen LogP contribution in [0.2, 0.25) is 0 Å². The fraction of sp³-hybridized carbons (Fsp3) is 0.944. The minimum Gasteiger partial charge on any atom is -0.342 e. The smallest absolute Gasteiger partial charge is 0.229 e. The number of rotatable bonds is 3. The Morgan fingerprint density at radius 2 is 2.09 bits per heavy atom. The van der Waals surface area contributed by atoms with Crippen LogP contribution in [0.5, 0.6) is 0 Å². The third kappa shape index (κ3) is 3.48. The SMILES string of the molecule is C[C@@H]1CCCCN1C[C@H]1CCCN(C(=O)[C@@]2(C)CCNC2)C1. The predicted molar refractivity (Wildman–Crippen MR) is 89.8 cm³/mol. The Morgan fingerprint density at radius 3 is 2.82 bits per heavy atom. The maximum Gasteiger partial charge on any atom is 0.229 e. The zero-order chi connectivity index (χ0) is 15.6. The molecule has 3 rings (SSSR count). The molecule has 3 fully saturated rings. The number of hydrogen-bond donors (Lipinski definition) is 1. The van der Waals surface area contributed by atoms with Gasteiger partial charge in [-0.3, -0.25) is 4.79 Å². The van der Waals surface area contributed by atoms with Gasteiger partial charge in [0, 0.05) is 32.2 Å². The summed E-state index contributed by atoms with van der Waals surface area (Å²) in [5.41, 5.74) is -0.152. The highest BCUT2D eigenvalue weighted by molar-refractivity contribution is 5.83. The van der Waals surface area contributed by atoms with Crippen molar-refractivity contribution in [3.63, 3.8) is 0 Å². The molecule has 22 heavy (non-hydrogen) atoms. The van der Waals surface area contributed by atoms with Crippen LogP contribution in [0.4, 0.5) is 0 Å². The minimum absolute atomic E-state index is 0.152. The van der Waals surface area contributed by atoms with Crippen molar-refractivity contribution >= 4 is 5.91 Å². The van der Waals surface area contributed by atoms with Crippen LogP contribution >= 0.6 is 0 Å². The first-order chi connectivity index (χ1) is 10.6. The molecule has 126 valence electrons. The van der Waals surface area contributed by atoms with Gasteiger partial charge in [-0.05, 0) is 65.0 Å². The van der Waals surface area contributed by atoms with Crippen molar-refractivity contribution in [1.82, 2.24) is 15.1 Å². The van der Waals surface area contributed by atoms with Gasteiger partial charge in [-0.25, -0.2) is 0 Å². The van der Waals surface area contributed by atoms with Gasteiger partial charge in [0.1, 0.15) is 0 Å². The van der Waals surface area contributed by atoms with Crippen molar-refractivity contribution in [2.45, 2.75) is 58.4 Å². The van der Waals surface area contributed by atoms with Gasteiger partial charge >= 0.3 is 0 Å². The maximum absolute atomic E-state index is 12.9. The number of likely N-dealkylation sites (tertiary alicyclic amines) is 2. The molecule has 3 atom stereocenters. The molecule has 0 aromatic carbocycles. The lowest BCUT2D eigenvalue weighted by molar-refractivity contribution is -0.142. The average Bonchev–Trinajstić information content (AvgIpc) is 2.97. The van der Waals surface area contributed by atoms with Crippen LogP contribution < -0.4 is 5.32 Å². The second-order valence-corrected chi connectivity index (χ2v) is 8.09. The zero-order valence-corrected chi connectivity index (χ0v) is 14.4. The number of amides is 1. The van der Waals surface area contributed by atoms with Crippen LogP contribution in [0.15, 0.2) is 0 Å². The van der Waals surface area contributed by atoms with Crippen molar-refractivity contribution in [3.05, 3.63) is 0 Å². The summed E-state index contributed by atoms with van der Waals surface area (Å²) >= 11 is 0. The van der Waals surface area contributed by atoms with Crippen molar-refractivity contribution < 1.29 is 4.79 Å². The van der Waals surface area contributed by atoms with Crippen molar-refractivity contribution in [2.75, 3.05) is 39.3 Å². The summed E-state index contributed by atoms with van der Waals surface area (Å²) in [7, 11) is 0. The maximum atomic E-state index is 12.9. The van der Waals surface area contributed by atoms with Gasteiger partial charge in [0.05, 0.1) is 5.41 Å². The molecule has 3 aliphatic rings. The van der Waals surface area contributed by atoms with E-state index in [9.17, 15) is 4.79 Å². The quantitative estimate of drug-likeness (QED) is 0.867. The Morgan fingerprint density at radius 1 is 1.23 bits per heavy atom. The number of nitrogens with zero attached hydrogens (tertiary/aromatic N) is 2. The second kappa shape index (κ2) is 6.88. The number of piperidine rings is 2. The van der Waals surface area contributed by atoms with Gasteiger partial charge in [-0.2, -0.15) is 0 Å². The topological polar surface area (TPSA) is 35.6 Å². The van der Waals surface area contributed by atoms with Crippen molar-refractivity contribution in [2.24, 2.45) is 11.3 Å². The van der Waals surface area contributed by atoms with Crippen LogP contribution in [0, 0.1) is 11.3 Å². The molecule has 4 nitrogen and oxygen atoms in total. The summed E-state index contributed by atoms with van der Waals surface area (Å²) in [5, 5.41) is 3.36. The molecule has 0 saturated carbocycles. The van der Waals surface area contributed by atoms with Gasteiger partial charge in [-0.15, -0.1) is 0 Å². The zero-order valence-electron chi connectivity index (χ0n) is 14.4. The van der Waals surface area contributed by atoms with E-state index in [4.69, 9.17) is 0 Å². The van der Waals surface area contributed by atoms with E-state index in [1.165, 1.54) is 45.2 Å². The Bertz CT molecular complexity index is 392. The van der Waals surface area contributed by atoms with Gasteiger partial charge < -0.3 is 15.1 Å². The first kappa shape index (κ1) is 16.3. The van der Waals surface area contributed by atoms with Gasteiger partial charge in [-0.1, -0.05) is 6.42 Å². The standard InChI is InChI=1S/C18H33N3O/c1-15-6-3-4-10-20(15)12-16-7-5-11-21(13-16)17(22)18(2)8-9-19-14-18/h15-16,19H,3-14H2,1-2H3/t15-,16-,18+/m1/s1. The number of carbonyl (C=O) groups excluding carboxylic acids is 1. The molecule has 0 bridgehead atoms. The highest BCUT2D eigenvalue weighted by atomic mass is 16.2. The molecule has 0 spiro atoms. The third-order valence-corrected chi connectivity index (χ3v) is 6.12. The largest absolute Gasteiger partial charge is 0.342 e. The van der Waals surface area contributed by atoms with Crippen molar-refractivity contribution in [1.29, 1.82) is 0 Å². The van der Waals surface area contributed by atoms with E-state index < -0.39 is 0 Å². The molecular formula is C18H33N3O. The predicted octanol–water partition coefficient (Wildman–Crippen LogP) is 2.10. The molecular weight excluding hydrogens is 274 g/mol. The molecule has 3 heterocycles. The van der Waals surface area contributed by atoms with E-state index in [0.717, 1.165) is 38.6 Å².